The molecule has 0 spiro atoms. The minimum atomic E-state index is -0.369. The van der Waals surface area contributed by atoms with Crippen molar-refractivity contribution in [2.75, 3.05) is 0 Å². The lowest BCUT2D eigenvalue weighted by atomic mass is 9.84. The highest BCUT2D eigenvalue weighted by atomic mass is 16.3. The Morgan fingerprint density at radius 2 is 1.92 bits per heavy atom. The van der Waals surface area contributed by atoms with E-state index in [0.717, 1.165) is 6.42 Å². The predicted molar refractivity (Wildman–Crippen MR) is 52.1 cm³/mol. The summed E-state index contributed by atoms with van der Waals surface area (Å²) < 4.78 is 0. The fraction of sp³-hybridized carbons (Fsp3) is 1.00. The standard InChI is InChI=1S/C11H22O/c1-3-4-9-11(2,12)10-7-5-6-8-10/h10,12H,3-9H2,1-2H3. The van der Waals surface area contributed by atoms with Crippen molar-refractivity contribution in [2.45, 2.75) is 64.4 Å². The van der Waals surface area contributed by atoms with E-state index in [1.807, 2.05) is 6.92 Å². The fourth-order valence-electron chi connectivity index (χ4n) is 2.29. The van der Waals surface area contributed by atoms with Gasteiger partial charge in [-0.1, -0.05) is 32.6 Å². The van der Waals surface area contributed by atoms with Gasteiger partial charge in [-0.05, 0) is 32.1 Å². The van der Waals surface area contributed by atoms with Crippen LogP contribution >= 0.6 is 0 Å². The lowest BCUT2D eigenvalue weighted by Crippen LogP contribution is -2.32. The number of aliphatic hydroxyl groups is 1. The highest BCUT2D eigenvalue weighted by Gasteiger charge is 2.32. The summed E-state index contributed by atoms with van der Waals surface area (Å²) in [6.07, 6.45) is 8.51. The van der Waals surface area contributed by atoms with Crippen molar-refractivity contribution in [3.05, 3.63) is 0 Å². The molecule has 0 aliphatic heterocycles. The van der Waals surface area contributed by atoms with Crippen LogP contribution in [-0.2, 0) is 0 Å². The molecule has 0 aromatic heterocycles. The quantitative estimate of drug-likeness (QED) is 0.687. The van der Waals surface area contributed by atoms with Crippen LogP contribution in [0.2, 0.25) is 0 Å². The topological polar surface area (TPSA) is 20.2 Å². The molecular weight excluding hydrogens is 148 g/mol. The third-order valence-corrected chi connectivity index (χ3v) is 3.27. The van der Waals surface area contributed by atoms with Gasteiger partial charge in [0, 0.05) is 0 Å². The Kier molecular flexibility index (Phi) is 3.57. The summed E-state index contributed by atoms with van der Waals surface area (Å²) in [5.74, 6) is 0.587. The number of hydrogen-bond acceptors (Lipinski definition) is 1. The maximum Gasteiger partial charge on any atom is 0.0647 e. The van der Waals surface area contributed by atoms with Crippen molar-refractivity contribution in [2.24, 2.45) is 5.92 Å². The molecule has 1 rings (SSSR count). The average Bonchev–Trinajstić information content (AvgIpc) is 2.53. The van der Waals surface area contributed by atoms with Crippen molar-refractivity contribution >= 4 is 0 Å². The van der Waals surface area contributed by atoms with Gasteiger partial charge in [-0.15, -0.1) is 0 Å². The summed E-state index contributed by atoms with van der Waals surface area (Å²) in [5, 5.41) is 10.1. The minimum Gasteiger partial charge on any atom is -0.390 e. The van der Waals surface area contributed by atoms with Crippen LogP contribution in [0, 0.1) is 5.92 Å². The van der Waals surface area contributed by atoms with E-state index in [2.05, 4.69) is 6.92 Å². The number of rotatable bonds is 4. The Labute approximate surface area is 76.2 Å². The van der Waals surface area contributed by atoms with E-state index >= 15 is 0 Å². The van der Waals surface area contributed by atoms with Crippen LogP contribution in [0.15, 0.2) is 0 Å². The normalized spacial score (nSPS) is 24.2. The second-order valence-corrected chi connectivity index (χ2v) is 4.44. The van der Waals surface area contributed by atoms with E-state index in [1.54, 1.807) is 0 Å². The molecule has 0 radical (unpaired) electrons. The lowest BCUT2D eigenvalue weighted by Gasteiger charge is -2.29. The molecule has 1 aliphatic rings. The van der Waals surface area contributed by atoms with E-state index in [1.165, 1.54) is 38.5 Å². The molecule has 1 atom stereocenters. The molecule has 0 bridgehead atoms. The fourth-order valence-corrected chi connectivity index (χ4v) is 2.29. The van der Waals surface area contributed by atoms with Crippen LogP contribution in [0.4, 0.5) is 0 Å². The van der Waals surface area contributed by atoms with Gasteiger partial charge in [-0.25, -0.2) is 0 Å². The van der Waals surface area contributed by atoms with Crippen molar-refractivity contribution in [1.29, 1.82) is 0 Å². The molecule has 0 saturated heterocycles. The summed E-state index contributed by atoms with van der Waals surface area (Å²) in [6.45, 7) is 4.21. The number of hydrogen-bond donors (Lipinski definition) is 1. The van der Waals surface area contributed by atoms with Crippen molar-refractivity contribution < 1.29 is 5.11 Å². The third-order valence-electron chi connectivity index (χ3n) is 3.27. The molecule has 1 saturated carbocycles. The van der Waals surface area contributed by atoms with Gasteiger partial charge in [0.1, 0.15) is 0 Å². The monoisotopic (exact) mass is 170 g/mol. The summed E-state index contributed by atoms with van der Waals surface area (Å²) in [5.41, 5.74) is -0.369. The molecule has 0 aromatic carbocycles. The second-order valence-electron chi connectivity index (χ2n) is 4.44. The molecule has 72 valence electrons. The van der Waals surface area contributed by atoms with Crippen LogP contribution in [0.1, 0.15) is 58.8 Å². The van der Waals surface area contributed by atoms with E-state index in [0.29, 0.717) is 5.92 Å². The molecule has 12 heavy (non-hydrogen) atoms. The lowest BCUT2D eigenvalue weighted by molar-refractivity contribution is -0.00808. The first-order valence-corrected chi connectivity index (χ1v) is 5.39. The highest BCUT2D eigenvalue weighted by molar-refractivity contribution is 4.85. The smallest absolute Gasteiger partial charge is 0.0647 e. The maximum atomic E-state index is 10.1. The average molecular weight is 170 g/mol. The van der Waals surface area contributed by atoms with Gasteiger partial charge < -0.3 is 5.11 Å². The Morgan fingerprint density at radius 3 is 2.42 bits per heavy atom. The Morgan fingerprint density at radius 1 is 1.33 bits per heavy atom. The van der Waals surface area contributed by atoms with Crippen LogP contribution in [-0.4, -0.2) is 10.7 Å². The zero-order valence-electron chi connectivity index (χ0n) is 8.47. The van der Waals surface area contributed by atoms with Crippen LogP contribution in [0.5, 0.6) is 0 Å². The Balaban J connectivity index is 2.34. The largest absolute Gasteiger partial charge is 0.390 e. The van der Waals surface area contributed by atoms with Gasteiger partial charge >= 0.3 is 0 Å². The van der Waals surface area contributed by atoms with E-state index in [4.69, 9.17) is 0 Å². The van der Waals surface area contributed by atoms with Gasteiger partial charge in [-0.2, -0.15) is 0 Å². The van der Waals surface area contributed by atoms with Crippen LogP contribution < -0.4 is 0 Å². The molecule has 0 amide bonds. The van der Waals surface area contributed by atoms with Gasteiger partial charge in [-0.3, -0.25) is 0 Å². The molecule has 1 unspecified atom stereocenters. The summed E-state index contributed by atoms with van der Waals surface area (Å²) in [7, 11) is 0. The van der Waals surface area contributed by atoms with Gasteiger partial charge in [0.15, 0.2) is 0 Å². The molecular formula is C11H22O. The van der Waals surface area contributed by atoms with Crippen molar-refractivity contribution in [1.82, 2.24) is 0 Å². The second kappa shape index (κ2) is 4.27. The molecule has 1 nitrogen and oxygen atoms in total. The van der Waals surface area contributed by atoms with Crippen LogP contribution in [0.25, 0.3) is 0 Å². The molecule has 0 heterocycles. The SMILES string of the molecule is CCCCC(C)(O)C1CCCC1. The van der Waals surface area contributed by atoms with Gasteiger partial charge in [0.05, 0.1) is 5.60 Å². The molecule has 0 aromatic rings. The molecule has 1 heteroatoms. The van der Waals surface area contributed by atoms with Gasteiger partial charge in [0.25, 0.3) is 0 Å². The summed E-state index contributed by atoms with van der Waals surface area (Å²) in [4.78, 5) is 0. The molecule has 1 N–H and O–H groups in total. The highest BCUT2D eigenvalue weighted by Crippen LogP contribution is 2.36. The predicted octanol–water partition coefficient (Wildman–Crippen LogP) is 3.12. The first kappa shape index (κ1) is 10.0. The van der Waals surface area contributed by atoms with Crippen molar-refractivity contribution in [3.63, 3.8) is 0 Å². The summed E-state index contributed by atoms with van der Waals surface area (Å²) >= 11 is 0. The third kappa shape index (κ3) is 2.48. The van der Waals surface area contributed by atoms with Gasteiger partial charge in [0.2, 0.25) is 0 Å². The first-order chi connectivity index (χ1) is 5.67. The first-order valence-electron chi connectivity index (χ1n) is 5.39. The minimum absolute atomic E-state index is 0.369. The van der Waals surface area contributed by atoms with Crippen LogP contribution in [0.3, 0.4) is 0 Å². The maximum absolute atomic E-state index is 10.1. The summed E-state index contributed by atoms with van der Waals surface area (Å²) in [6, 6.07) is 0. The van der Waals surface area contributed by atoms with E-state index in [-0.39, 0.29) is 5.60 Å². The van der Waals surface area contributed by atoms with E-state index in [9.17, 15) is 5.11 Å². The molecule has 1 aliphatic carbocycles. The molecule has 1 fully saturated rings. The Bertz CT molecular complexity index is 123. The number of unbranched alkanes of at least 4 members (excludes halogenated alkanes) is 1. The zero-order chi connectivity index (χ0) is 9.03. The zero-order valence-corrected chi connectivity index (χ0v) is 8.47. The van der Waals surface area contributed by atoms with Crippen molar-refractivity contribution in [3.8, 4) is 0 Å². The Hall–Kier alpha value is -0.0400. The van der Waals surface area contributed by atoms with E-state index < -0.39 is 0 Å².